The number of anilines is 1. The van der Waals surface area contributed by atoms with E-state index in [0.29, 0.717) is 17.1 Å². The van der Waals surface area contributed by atoms with Gasteiger partial charge in [-0.3, -0.25) is 0 Å². The van der Waals surface area contributed by atoms with Crippen LogP contribution in [0.25, 0.3) is 22.6 Å². The molecule has 3 rings (SSSR count). The van der Waals surface area contributed by atoms with Crippen molar-refractivity contribution in [2.75, 3.05) is 5.73 Å². The highest BCUT2D eigenvalue weighted by Gasteiger charge is 2.18. The van der Waals surface area contributed by atoms with Crippen LogP contribution in [0.1, 0.15) is 10.4 Å². The molecule has 1 aromatic carbocycles. The van der Waals surface area contributed by atoms with Crippen LogP contribution in [-0.4, -0.2) is 26.0 Å². The zero-order valence-corrected chi connectivity index (χ0v) is 13.4. The molecule has 4 N–H and O–H groups in total. The predicted molar refractivity (Wildman–Crippen MR) is 91.3 cm³/mol. The van der Waals surface area contributed by atoms with Crippen molar-refractivity contribution in [2.24, 2.45) is 0 Å². The number of hydrogen-bond donors (Lipinski definition) is 3. The molecule has 0 atom stereocenters. The Morgan fingerprint density at radius 3 is 2.68 bits per heavy atom. The van der Waals surface area contributed by atoms with Gasteiger partial charge in [-0.25, -0.2) is 14.8 Å². The molecule has 2 aromatic heterocycles. The summed E-state index contributed by atoms with van der Waals surface area (Å²) in [5.74, 6) is -0.860. The Bertz CT molecular complexity index is 846. The van der Waals surface area contributed by atoms with E-state index in [1.807, 2.05) is 30.3 Å². The van der Waals surface area contributed by atoms with Crippen molar-refractivity contribution in [3.8, 4) is 22.6 Å². The van der Waals surface area contributed by atoms with E-state index < -0.39 is 5.97 Å². The highest BCUT2D eigenvalue weighted by atomic mass is 127. The van der Waals surface area contributed by atoms with E-state index in [-0.39, 0.29) is 11.5 Å². The van der Waals surface area contributed by atoms with E-state index in [2.05, 4.69) is 37.5 Å². The number of rotatable bonds is 3. The smallest absolute Gasteiger partial charge is 0.337 e. The largest absolute Gasteiger partial charge is 0.478 e. The zero-order chi connectivity index (χ0) is 15.7. The number of H-pyrrole nitrogens is 1. The van der Waals surface area contributed by atoms with Crippen molar-refractivity contribution in [3.05, 3.63) is 51.7 Å². The molecule has 7 heteroatoms. The maximum absolute atomic E-state index is 11.5. The molecule has 0 aliphatic rings. The fourth-order valence-electron chi connectivity index (χ4n) is 2.15. The number of aromatic nitrogens is 3. The van der Waals surface area contributed by atoms with Gasteiger partial charge >= 0.3 is 5.97 Å². The van der Waals surface area contributed by atoms with Crippen molar-refractivity contribution in [3.63, 3.8) is 0 Å². The molecule has 0 aliphatic heterocycles. The van der Waals surface area contributed by atoms with Gasteiger partial charge in [-0.15, -0.1) is 0 Å². The second-order valence-corrected chi connectivity index (χ2v) is 5.73. The summed E-state index contributed by atoms with van der Waals surface area (Å²) in [7, 11) is 0. The highest BCUT2D eigenvalue weighted by Crippen LogP contribution is 2.30. The maximum Gasteiger partial charge on any atom is 0.337 e. The van der Waals surface area contributed by atoms with Crippen LogP contribution in [0.4, 0.5) is 5.95 Å². The van der Waals surface area contributed by atoms with Crippen molar-refractivity contribution >= 4 is 34.5 Å². The van der Waals surface area contributed by atoms with Crippen LogP contribution in [0.3, 0.4) is 0 Å². The summed E-state index contributed by atoms with van der Waals surface area (Å²) in [6.45, 7) is 0. The summed E-state index contributed by atoms with van der Waals surface area (Å²) in [5.41, 5.74) is 8.32. The summed E-state index contributed by atoms with van der Waals surface area (Å²) in [5, 5.41) is 9.43. The maximum atomic E-state index is 11.5. The first kappa shape index (κ1) is 14.5. The van der Waals surface area contributed by atoms with E-state index in [4.69, 9.17) is 5.73 Å². The zero-order valence-electron chi connectivity index (χ0n) is 11.2. The number of halogens is 1. The van der Waals surface area contributed by atoms with Gasteiger partial charge in [0.2, 0.25) is 5.95 Å². The van der Waals surface area contributed by atoms with Gasteiger partial charge in [0, 0.05) is 6.20 Å². The van der Waals surface area contributed by atoms with Crippen LogP contribution in [0.15, 0.2) is 42.6 Å². The number of aromatic carboxylic acids is 1. The molecule has 3 aromatic rings. The Balaban J connectivity index is 2.19. The van der Waals surface area contributed by atoms with Gasteiger partial charge in [-0.05, 0) is 34.2 Å². The molecule has 0 spiro atoms. The first-order valence-electron chi connectivity index (χ1n) is 6.36. The summed E-state index contributed by atoms with van der Waals surface area (Å²) < 4.78 is 0.782. The van der Waals surface area contributed by atoms with Gasteiger partial charge in [-0.2, -0.15) is 0 Å². The molecule has 0 saturated heterocycles. The molecule has 0 fully saturated rings. The molecule has 0 aliphatic carbocycles. The van der Waals surface area contributed by atoms with E-state index in [9.17, 15) is 9.90 Å². The molecular weight excluding hydrogens is 395 g/mol. The lowest BCUT2D eigenvalue weighted by Crippen LogP contribution is -1.98. The fourth-order valence-corrected chi connectivity index (χ4v) is 2.70. The Morgan fingerprint density at radius 1 is 1.27 bits per heavy atom. The van der Waals surface area contributed by atoms with Crippen LogP contribution in [0, 0.1) is 3.57 Å². The molecule has 6 nitrogen and oxygen atoms in total. The monoisotopic (exact) mass is 406 g/mol. The Hall–Kier alpha value is -2.42. The molecule has 2 heterocycles. The Labute approximate surface area is 139 Å². The normalized spacial score (nSPS) is 10.6. The minimum Gasteiger partial charge on any atom is -0.478 e. The van der Waals surface area contributed by atoms with Crippen LogP contribution in [0.2, 0.25) is 0 Å². The topological polar surface area (TPSA) is 105 Å². The standard InChI is InChI=1S/C15H11IN4O2/c16-10-7-18-15(17)20-13(10)11-6-9(14(21)22)12(19-11)8-4-2-1-3-5-8/h1-7,19H,(H,21,22)(H2,17,18,20). The van der Waals surface area contributed by atoms with Crippen molar-refractivity contribution < 1.29 is 9.90 Å². The van der Waals surface area contributed by atoms with E-state index in [1.54, 1.807) is 12.3 Å². The Kier molecular flexibility index (Phi) is 3.80. The van der Waals surface area contributed by atoms with E-state index in [1.165, 1.54) is 0 Å². The third kappa shape index (κ3) is 2.67. The van der Waals surface area contributed by atoms with Gasteiger partial charge < -0.3 is 15.8 Å². The third-order valence-corrected chi connectivity index (χ3v) is 3.92. The van der Waals surface area contributed by atoms with Gasteiger partial charge in [0.15, 0.2) is 0 Å². The molecule has 0 unspecified atom stereocenters. The average Bonchev–Trinajstić information content (AvgIpc) is 2.96. The molecular formula is C15H11IN4O2. The minimum atomic E-state index is -1.00. The second-order valence-electron chi connectivity index (χ2n) is 4.57. The number of aromatic amines is 1. The van der Waals surface area contributed by atoms with Gasteiger partial charge in [0.05, 0.1) is 20.5 Å². The molecule has 22 heavy (non-hydrogen) atoms. The molecule has 0 radical (unpaired) electrons. The molecule has 0 bridgehead atoms. The number of nitrogen functional groups attached to an aromatic ring is 1. The van der Waals surface area contributed by atoms with Crippen molar-refractivity contribution in [2.45, 2.75) is 0 Å². The number of nitrogens with zero attached hydrogens (tertiary/aromatic N) is 2. The second kappa shape index (κ2) is 5.76. The summed E-state index contributed by atoms with van der Waals surface area (Å²) in [6, 6.07) is 10.8. The number of carbonyl (C=O) groups is 1. The number of hydrogen-bond acceptors (Lipinski definition) is 4. The quantitative estimate of drug-likeness (QED) is 0.580. The number of carboxylic acid groups (broad SMARTS) is 1. The lowest BCUT2D eigenvalue weighted by molar-refractivity contribution is 0.0698. The minimum absolute atomic E-state index is 0.142. The van der Waals surface area contributed by atoms with Gasteiger partial charge in [0.1, 0.15) is 5.69 Å². The lowest BCUT2D eigenvalue weighted by Gasteiger charge is -2.02. The summed E-state index contributed by atoms with van der Waals surface area (Å²) in [4.78, 5) is 22.7. The van der Waals surface area contributed by atoms with Crippen molar-refractivity contribution in [1.82, 2.24) is 15.0 Å². The number of nitrogens with two attached hydrogens (primary N) is 1. The number of nitrogens with one attached hydrogen (secondary N) is 1. The van der Waals surface area contributed by atoms with Gasteiger partial charge in [-0.1, -0.05) is 30.3 Å². The van der Waals surface area contributed by atoms with Crippen LogP contribution < -0.4 is 5.73 Å². The first-order valence-corrected chi connectivity index (χ1v) is 7.44. The van der Waals surface area contributed by atoms with E-state index in [0.717, 1.165) is 9.13 Å². The highest BCUT2D eigenvalue weighted by molar-refractivity contribution is 14.1. The summed E-state index contributed by atoms with van der Waals surface area (Å²) in [6.07, 6.45) is 1.60. The van der Waals surface area contributed by atoms with Crippen LogP contribution in [-0.2, 0) is 0 Å². The SMILES string of the molecule is Nc1ncc(I)c(-c2cc(C(=O)O)c(-c3ccccc3)[nH]2)n1. The molecule has 110 valence electrons. The van der Waals surface area contributed by atoms with Crippen LogP contribution in [0.5, 0.6) is 0 Å². The third-order valence-electron chi connectivity index (χ3n) is 3.13. The molecule has 0 saturated carbocycles. The number of carboxylic acids is 1. The van der Waals surface area contributed by atoms with E-state index >= 15 is 0 Å². The van der Waals surface area contributed by atoms with Crippen LogP contribution >= 0.6 is 22.6 Å². The summed E-state index contributed by atoms with van der Waals surface area (Å²) >= 11 is 2.09. The number of benzene rings is 1. The average molecular weight is 406 g/mol. The predicted octanol–water partition coefficient (Wildman–Crippen LogP) is 3.02. The fraction of sp³-hybridized carbons (Fsp3) is 0. The van der Waals surface area contributed by atoms with Crippen molar-refractivity contribution in [1.29, 1.82) is 0 Å². The van der Waals surface area contributed by atoms with Gasteiger partial charge in [0.25, 0.3) is 0 Å². The molecule has 0 amide bonds. The lowest BCUT2D eigenvalue weighted by atomic mass is 10.1. The first-order chi connectivity index (χ1) is 10.6. The Morgan fingerprint density at radius 2 is 2.00 bits per heavy atom.